The minimum atomic E-state index is -1.72. The molecule has 0 spiro atoms. The van der Waals surface area contributed by atoms with Crippen LogP contribution in [0.4, 0.5) is 23.2 Å². The summed E-state index contributed by atoms with van der Waals surface area (Å²) in [7, 11) is 0. The van der Waals surface area contributed by atoms with Crippen LogP contribution in [0.3, 0.4) is 0 Å². The molecule has 2 amide bonds. The summed E-state index contributed by atoms with van der Waals surface area (Å²) in [6.45, 7) is -0.688. The van der Waals surface area contributed by atoms with Crippen molar-refractivity contribution in [2.45, 2.75) is 6.61 Å². The SMILES string of the molecule is O=C(CNC(=O)c1sc2cccc(F)c2c1COc1ccccc1)Nc1ccc(F)c(F)c1F. The Hall–Kier alpha value is -3.92. The number of ether oxygens (including phenoxy) is 1. The Bertz CT molecular complexity index is 1380. The minimum absolute atomic E-state index is 0.0973. The second kappa shape index (κ2) is 9.92. The maximum absolute atomic E-state index is 14.6. The van der Waals surface area contributed by atoms with Crippen LogP contribution in [0, 0.1) is 23.3 Å². The van der Waals surface area contributed by atoms with E-state index < -0.39 is 47.3 Å². The number of hydrogen-bond acceptors (Lipinski definition) is 4. The summed E-state index contributed by atoms with van der Waals surface area (Å²) in [5, 5.41) is 4.68. The first kappa shape index (κ1) is 23.2. The molecule has 4 rings (SSSR count). The van der Waals surface area contributed by atoms with Crippen LogP contribution in [0.1, 0.15) is 15.2 Å². The number of carbonyl (C=O) groups is 2. The van der Waals surface area contributed by atoms with Gasteiger partial charge in [0.15, 0.2) is 17.5 Å². The maximum atomic E-state index is 14.6. The van der Waals surface area contributed by atoms with E-state index in [1.807, 2.05) is 6.07 Å². The van der Waals surface area contributed by atoms with E-state index >= 15 is 0 Å². The third kappa shape index (κ3) is 4.86. The first-order chi connectivity index (χ1) is 16.3. The summed E-state index contributed by atoms with van der Waals surface area (Å²) in [4.78, 5) is 25.1. The van der Waals surface area contributed by atoms with Crippen molar-refractivity contribution in [2.24, 2.45) is 0 Å². The highest BCUT2D eigenvalue weighted by Gasteiger charge is 2.22. The fraction of sp³-hybridized carbons (Fsp3) is 0.0833. The first-order valence-electron chi connectivity index (χ1n) is 9.94. The topological polar surface area (TPSA) is 67.4 Å². The van der Waals surface area contributed by atoms with Crippen LogP contribution >= 0.6 is 11.3 Å². The lowest BCUT2D eigenvalue weighted by molar-refractivity contribution is -0.115. The highest BCUT2D eigenvalue weighted by atomic mass is 32.1. The van der Waals surface area contributed by atoms with Crippen molar-refractivity contribution in [3.05, 3.63) is 94.4 Å². The van der Waals surface area contributed by atoms with Gasteiger partial charge >= 0.3 is 0 Å². The number of thiophene rings is 1. The van der Waals surface area contributed by atoms with Crippen molar-refractivity contribution in [1.82, 2.24) is 5.32 Å². The summed E-state index contributed by atoms with van der Waals surface area (Å²) in [6.07, 6.45) is 0. The van der Waals surface area contributed by atoms with E-state index in [1.54, 1.807) is 30.3 Å². The fourth-order valence-electron chi connectivity index (χ4n) is 3.22. The summed E-state index contributed by atoms with van der Waals surface area (Å²) in [5.74, 6) is -6.22. The number of amides is 2. The molecule has 5 nitrogen and oxygen atoms in total. The maximum Gasteiger partial charge on any atom is 0.262 e. The lowest BCUT2D eigenvalue weighted by Gasteiger charge is -2.10. The van der Waals surface area contributed by atoms with Crippen molar-refractivity contribution < 1.29 is 31.9 Å². The highest BCUT2D eigenvalue weighted by Crippen LogP contribution is 2.34. The van der Waals surface area contributed by atoms with Crippen molar-refractivity contribution in [3.8, 4) is 5.75 Å². The second-order valence-electron chi connectivity index (χ2n) is 7.08. The molecule has 0 saturated heterocycles. The monoisotopic (exact) mass is 488 g/mol. The van der Waals surface area contributed by atoms with Gasteiger partial charge in [-0.15, -0.1) is 11.3 Å². The molecule has 0 aliphatic heterocycles. The van der Waals surface area contributed by atoms with Crippen molar-refractivity contribution in [3.63, 3.8) is 0 Å². The van der Waals surface area contributed by atoms with E-state index in [0.717, 1.165) is 17.4 Å². The molecule has 0 unspecified atom stereocenters. The van der Waals surface area contributed by atoms with Crippen LogP contribution < -0.4 is 15.4 Å². The zero-order valence-electron chi connectivity index (χ0n) is 17.3. The molecular formula is C24H16F4N2O3S. The summed E-state index contributed by atoms with van der Waals surface area (Å²) in [6, 6.07) is 14.7. The van der Waals surface area contributed by atoms with Crippen LogP contribution in [0.2, 0.25) is 0 Å². The molecule has 0 fully saturated rings. The Morgan fingerprint density at radius 1 is 0.853 bits per heavy atom. The summed E-state index contributed by atoms with van der Waals surface area (Å²) < 4.78 is 60.9. The predicted octanol–water partition coefficient (Wildman–Crippen LogP) is 5.41. The van der Waals surface area contributed by atoms with Gasteiger partial charge in [0.2, 0.25) is 5.91 Å². The number of para-hydroxylation sites is 1. The Kier molecular flexibility index (Phi) is 6.78. The molecule has 0 atom stereocenters. The van der Waals surface area contributed by atoms with Gasteiger partial charge in [-0.2, -0.15) is 0 Å². The number of rotatable bonds is 7. The number of halogens is 4. The largest absolute Gasteiger partial charge is 0.489 e. The first-order valence-corrected chi connectivity index (χ1v) is 10.8. The van der Waals surface area contributed by atoms with Gasteiger partial charge in [0.05, 0.1) is 17.1 Å². The molecule has 174 valence electrons. The standard InChI is InChI=1S/C24H16F4N2O3S/c25-15-7-4-8-18-20(15)14(12-33-13-5-2-1-3-6-13)23(34-18)24(32)29-11-19(31)30-17-10-9-16(26)21(27)22(17)28/h1-10H,11-12H2,(H,29,32)(H,30,31). The van der Waals surface area contributed by atoms with Gasteiger partial charge < -0.3 is 15.4 Å². The van der Waals surface area contributed by atoms with E-state index in [4.69, 9.17) is 4.74 Å². The van der Waals surface area contributed by atoms with Gasteiger partial charge in [0.25, 0.3) is 5.91 Å². The normalized spacial score (nSPS) is 10.8. The second-order valence-corrected chi connectivity index (χ2v) is 8.13. The number of anilines is 1. The molecule has 2 N–H and O–H groups in total. The third-order valence-electron chi connectivity index (χ3n) is 4.81. The summed E-state index contributed by atoms with van der Waals surface area (Å²) >= 11 is 1.03. The van der Waals surface area contributed by atoms with Gasteiger partial charge in [-0.3, -0.25) is 9.59 Å². The quantitative estimate of drug-likeness (QED) is 0.270. The van der Waals surface area contributed by atoms with Crippen molar-refractivity contribution >= 4 is 38.9 Å². The van der Waals surface area contributed by atoms with Gasteiger partial charge in [-0.1, -0.05) is 24.3 Å². The van der Waals surface area contributed by atoms with Gasteiger partial charge in [0, 0.05) is 15.6 Å². The molecule has 3 aromatic carbocycles. The molecular weight excluding hydrogens is 472 g/mol. The number of fused-ring (bicyclic) bond motifs is 1. The molecule has 4 aromatic rings. The zero-order chi connectivity index (χ0) is 24.2. The minimum Gasteiger partial charge on any atom is -0.489 e. The van der Waals surface area contributed by atoms with Crippen LogP contribution in [0.5, 0.6) is 5.75 Å². The van der Waals surface area contributed by atoms with E-state index in [1.165, 1.54) is 12.1 Å². The Labute approximate surface area is 195 Å². The molecule has 0 aliphatic rings. The Balaban J connectivity index is 1.51. The molecule has 0 bridgehead atoms. The predicted molar refractivity (Wildman–Crippen MR) is 120 cm³/mol. The lowest BCUT2D eigenvalue weighted by Crippen LogP contribution is -2.33. The Morgan fingerprint density at radius 3 is 2.38 bits per heavy atom. The van der Waals surface area contributed by atoms with E-state index in [2.05, 4.69) is 10.6 Å². The molecule has 0 aliphatic carbocycles. The number of nitrogens with one attached hydrogen (secondary N) is 2. The molecule has 1 aromatic heterocycles. The average Bonchev–Trinajstić information content (AvgIpc) is 3.22. The fourth-order valence-corrected chi connectivity index (χ4v) is 4.36. The van der Waals surface area contributed by atoms with Gasteiger partial charge in [0.1, 0.15) is 18.2 Å². The van der Waals surface area contributed by atoms with Crippen molar-refractivity contribution in [1.29, 1.82) is 0 Å². The Morgan fingerprint density at radius 2 is 1.62 bits per heavy atom. The van der Waals surface area contributed by atoms with Crippen LogP contribution in [-0.2, 0) is 11.4 Å². The number of carbonyl (C=O) groups excluding carboxylic acids is 2. The van der Waals surface area contributed by atoms with Crippen LogP contribution in [0.15, 0.2) is 60.7 Å². The van der Waals surface area contributed by atoms with Crippen molar-refractivity contribution in [2.75, 3.05) is 11.9 Å². The smallest absolute Gasteiger partial charge is 0.262 e. The van der Waals surface area contributed by atoms with E-state index in [0.29, 0.717) is 22.1 Å². The lowest BCUT2D eigenvalue weighted by atomic mass is 10.1. The average molecular weight is 488 g/mol. The van der Waals surface area contributed by atoms with E-state index in [-0.39, 0.29) is 16.9 Å². The number of hydrogen-bond donors (Lipinski definition) is 2. The highest BCUT2D eigenvalue weighted by molar-refractivity contribution is 7.21. The number of benzene rings is 3. The van der Waals surface area contributed by atoms with Crippen LogP contribution in [-0.4, -0.2) is 18.4 Å². The van der Waals surface area contributed by atoms with Gasteiger partial charge in [-0.05, 0) is 36.4 Å². The molecule has 10 heteroatoms. The van der Waals surface area contributed by atoms with Gasteiger partial charge in [-0.25, -0.2) is 17.6 Å². The van der Waals surface area contributed by atoms with Crippen LogP contribution in [0.25, 0.3) is 10.1 Å². The molecule has 1 heterocycles. The summed E-state index contributed by atoms with van der Waals surface area (Å²) in [5.41, 5.74) is -0.259. The molecule has 34 heavy (non-hydrogen) atoms. The van der Waals surface area contributed by atoms with E-state index in [9.17, 15) is 27.2 Å². The third-order valence-corrected chi connectivity index (χ3v) is 6.01. The molecule has 0 saturated carbocycles. The molecule has 0 radical (unpaired) electrons. The zero-order valence-corrected chi connectivity index (χ0v) is 18.1.